The van der Waals surface area contributed by atoms with Gasteiger partial charge in [0.1, 0.15) is 28.6 Å². The molecule has 1 aromatic carbocycles. The van der Waals surface area contributed by atoms with E-state index in [2.05, 4.69) is 44.2 Å². The zero-order chi connectivity index (χ0) is 31.1. The molecule has 43 heavy (non-hydrogen) atoms. The summed E-state index contributed by atoms with van der Waals surface area (Å²) >= 11 is 0. The van der Waals surface area contributed by atoms with E-state index in [1.54, 1.807) is 13.0 Å². The normalized spacial score (nSPS) is 18.0. The molecule has 0 radical (unpaired) electrons. The fourth-order valence-corrected chi connectivity index (χ4v) is 6.60. The topological polar surface area (TPSA) is 99.5 Å². The van der Waals surface area contributed by atoms with E-state index in [1.807, 2.05) is 6.07 Å². The second-order valence-corrected chi connectivity index (χ2v) is 13.4. The third-order valence-corrected chi connectivity index (χ3v) is 9.53. The number of rotatable bonds is 7. The van der Waals surface area contributed by atoms with Crippen LogP contribution in [0.15, 0.2) is 30.6 Å². The first-order valence-corrected chi connectivity index (χ1v) is 16.0. The summed E-state index contributed by atoms with van der Waals surface area (Å²) in [4.78, 5) is 16.7. The average molecular weight is 625 g/mol. The Balaban J connectivity index is 1.39. The molecule has 2 fully saturated rings. The van der Waals surface area contributed by atoms with Crippen LogP contribution in [0.5, 0.6) is 0 Å². The molecule has 2 aliphatic rings. The van der Waals surface area contributed by atoms with E-state index in [4.69, 9.17) is 0 Å². The van der Waals surface area contributed by atoms with Crippen LogP contribution >= 0.6 is 0 Å². The first-order chi connectivity index (χ1) is 20.2. The SMILES string of the molecule is Cc1nc(-c2nc(NC3CCN(S(C)(=O)=O)CC3)ncc2C(F)(F)F)cn1-c1ccc(N2CCC(N(C)C)CC2)cc1F. The summed E-state index contributed by atoms with van der Waals surface area (Å²) in [5.74, 6) is -0.245. The third-order valence-electron chi connectivity index (χ3n) is 8.23. The number of imidazole rings is 1. The van der Waals surface area contributed by atoms with Gasteiger partial charge in [0.05, 0.1) is 11.9 Å². The van der Waals surface area contributed by atoms with Crippen molar-refractivity contribution in [1.29, 1.82) is 0 Å². The Morgan fingerprint density at radius 2 is 1.70 bits per heavy atom. The van der Waals surface area contributed by atoms with Gasteiger partial charge in [0.2, 0.25) is 16.0 Å². The number of anilines is 2. The molecule has 2 saturated heterocycles. The van der Waals surface area contributed by atoms with E-state index in [0.717, 1.165) is 37.9 Å². The second kappa shape index (κ2) is 12.0. The Morgan fingerprint density at radius 3 is 2.28 bits per heavy atom. The number of nitrogens with one attached hydrogen (secondary N) is 1. The van der Waals surface area contributed by atoms with Crippen LogP contribution in [0.2, 0.25) is 0 Å². The van der Waals surface area contributed by atoms with Crippen LogP contribution in [-0.2, 0) is 16.2 Å². The van der Waals surface area contributed by atoms with Gasteiger partial charge in [-0.3, -0.25) is 0 Å². The van der Waals surface area contributed by atoms with Crippen molar-refractivity contribution in [3.63, 3.8) is 0 Å². The maximum atomic E-state index is 15.4. The molecule has 0 atom stereocenters. The van der Waals surface area contributed by atoms with E-state index in [-0.39, 0.29) is 36.5 Å². The van der Waals surface area contributed by atoms with Crippen molar-refractivity contribution >= 4 is 21.7 Å². The number of alkyl halides is 3. The monoisotopic (exact) mass is 624 g/mol. The van der Waals surface area contributed by atoms with Gasteiger partial charge >= 0.3 is 6.18 Å². The molecule has 2 aromatic heterocycles. The van der Waals surface area contributed by atoms with Gasteiger partial charge in [0.25, 0.3) is 0 Å². The smallest absolute Gasteiger partial charge is 0.371 e. The standard InChI is InChI=1S/C28H36F4N8O2S/c1-18-34-24(17-40(18)25-6-5-21(15-23(25)29)38-11-9-20(10-12-38)37(2)3)26-22(28(30,31)32)16-33-27(36-26)35-19-7-13-39(14-8-19)43(4,41)42/h5-6,15-17,19-20H,7-14H2,1-4H3,(H,33,35,36). The number of halogens is 4. The van der Waals surface area contributed by atoms with Gasteiger partial charge in [-0.15, -0.1) is 0 Å². The summed E-state index contributed by atoms with van der Waals surface area (Å²) in [5.41, 5.74) is -0.643. The predicted molar refractivity (Wildman–Crippen MR) is 156 cm³/mol. The molecule has 5 rings (SSSR count). The molecular weight excluding hydrogens is 588 g/mol. The van der Waals surface area contributed by atoms with E-state index in [0.29, 0.717) is 30.9 Å². The number of aryl methyl sites for hydroxylation is 1. The van der Waals surface area contributed by atoms with Crippen molar-refractivity contribution in [2.45, 2.75) is 50.9 Å². The maximum Gasteiger partial charge on any atom is 0.420 e. The van der Waals surface area contributed by atoms with Crippen molar-refractivity contribution in [1.82, 2.24) is 28.7 Å². The summed E-state index contributed by atoms with van der Waals surface area (Å²) in [6.45, 7) is 3.76. The minimum atomic E-state index is -4.75. The molecule has 10 nitrogen and oxygen atoms in total. The third kappa shape index (κ3) is 6.93. The molecule has 0 aliphatic carbocycles. The second-order valence-electron chi connectivity index (χ2n) is 11.4. The number of aromatic nitrogens is 4. The lowest BCUT2D eigenvalue weighted by atomic mass is 10.0. The quantitative estimate of drug-likeness (QED) is 0.392. The van der Waals surface area contributed by atoms with Crippen molar-refractivity contribution in [3.05, 3.63) is 47.8 Å². The first kappa shape index (κ1) is 31.1. The maximum absolute atomic E-state index is 15.4. The lowest BCUT2D eigenvalue weighted by molar-refractivity contribution is -0.137. The van der Waals surface area contributed by atoms with Crippen LogP contribution in [0.1, 0.15) is 37.1 Å². The summed E-state index contributed by atoms with van der Waals surface area (Å²) in [6.07, 6.45) is 1.28. The first-order valence-electron chi connectivity index (χ1n) is 14.1. The van der Waals surface area contributed by atoms with Crippen molar-refractivity contribution in [2.24, 2.45) is 0 Å². The van der Waals surface area contributed by atoms with Gasteiger partial charge in [-0.1, -0.05) is 0 Å². The molecule has 234 valence electrons. The molecule has 0 spiro atoms. The molecule has 0 bridgehead atoms. The Labute approximate surface area is 248 Å². The van der Waals surface area contributed by atoms with Gasteiger partial charge in [0.15, 0.2) is 0 Å². The van der Waals surface area contributed by atoms with Crippen molar-refractivity contribution in [3.8, 4) is 17.1 Å². The fourth-order valence-electron chi connectivity index (χ4n) is 5.73. The molecule has 0 saturated carbocycles. The van der Waals surface area contributed by atoms with E-state index in [9.17, 15) is 21.6 Å². The van der Waals surface area contributed by atoms with Gasteiger partial charge in [-0.2, -0.15) is 13.2 Å². The molecule has 4 heterocycles. The van der Waals surface area contributed by atoms with Crippen molar-refractivity contribution in [2.75, 3.05) is 56.7 Å². The Kier molecular flexibility index (Phi) is 8.69. The summed E-state index contributed by atoms with van der Waals surface area (Å²) in [7, 11) is 0.791. The Hall–Kier alpha value is -3.30. The highest BCUT2D eigenvalue weighted by Gasteiger charge is 2.37. The lowest BCUT2D eigenvalue weighted by Gasteiger charge is -2.36. The van der Waals surface area contributed by atoms with E-state index < -0.39 is 33.3 Å². The highest BCUT2D eigenvalue weighted by molar-refractivity contribution is 7.88. The molecule has 15 heteroatoms. The highest BCUT2D eigenvalue weighted by Crippen LogP contribution is 2.36. The zero-order valence-electron chi connectivity index (χ0n) is 24.6. The number of nitrogens with zero attached hydrogens (tertiary/aromatic N) is 7. The van der Waals surface area contributed by atoms with Gasteiger partial charge in [0, 0.05) is 56.3 Å². The number of piperidine rings is 2. The minimum Gasteiger partial charge on any atom is -0.371 e. The highest BCUT2D eigenvalue weighted by atomic mass is 32.2. The summed E-state index contributed by atoms with van der Waals surface area (Å²) in [6, 6.07) is 5.15. The lowest BCUT2D eigenvalue weighted by Crippen LogP contribution is -2.42. The molecule has 1 N–H and O–H groups in total. The summed E-state index contributed by atoms with van der Waals surface area (Å²) in [5, 5.41) is 3.04. The molecule has 0 amide bonds. The largest absolute Gasteiger partial charge is 0.420 e. The van der Waals surface area contributed by atoms with Crippen LogP contribution in [0, 0.1) is 12.7 Å². The molecule has 2 aliphatic heterocycles. The molecule has 0 unspecified atom stereocenters. The summed E-state index contributed by atoms with van der Waals surface area (Å²) < 4.78 is 83.8. The van der Waals surface area contributed by atoms with E-state index in [1.165, 1.54) is 21.1 Å². The van der Waals surface area contributed by atoms with Crippen LogP contribution < -0.4 is 10.2 Å². The molecular formula is C28H36F4N8O2S. The molecule has 3 aromatic rings. The number of hydrogen-bond acceptors (Lipinski definition) is 8. The number of benzene rings is 1. The van der Waals surface area contributed by atoms with Gasteiger partial charge in [-0.25, -0.2) is 32.1 Å². The van der Waals surface area contributed by atoms with Gasteiger partial charge < -0.3 is 19.7 Å². The fraction of sp³-hybridized carbons (Fsp3) is 0.536. The van der Waals surface area contributed by atoms with Crippen LogP contribution in [0.4, 0.5) is 29.2 Å². The van der Waals surface area contributed by atoms with Gasteiger partial charge in [-0.05, 0) is 64.9 Å². The Morgan fingerprint density at radius 1 is 1.02 bits per heavy atom. The van der Waals surface area contributed by atoms with E-state index >= 15 is 4.39 Å². The zero-order valence-corrected chi connectivity index (χ0v) is 25.4. The van der Waals surface area contributed by atoms with Crippen LogP contribution in [-0.4, -0.2) is 95.8 Å². The van der Waals surface area contributed by atoms with Crippen LogP contribution in [0.25, 0.3) is 17.1 Å². The predicted octanol–water partition coefficient (Wildman–Crippen LogP) is 4.16. The van der Waals surface area contributed by atoms with Crippen molar-refractivity contribution < 1.29 is 26.0 Å². The Bertz CT molecular complexity index is 1560. The minimum absolute atomic E-state index is 0.0263. The number of hydrogen-bond donors (Lipinski definition) is 1. The average Bonchev–Trinajstić information content (AvgIpc) is 3.33. The number of sulfonamides is 1. The van der Waals surface area contributed by atoms with Crippen LogP contribution in [0.3, 0.4) is 0 Å².